The molecule has 7 nitrogen and oxygen atoms in total. The van der Waals surface area contributed by atoms with Crippen molar-refractivity contribution in [3.8, 4) is 0 Å². The molecule has 1 aliphatic rings. The number of hydrogen-bond acceptors (Lipinski definition) is 6. The summed E-state index contributed by atoms with van der Waals surface area (Å²) in [7, 11) is -2.44. The largest absolute Gasteiger partial charge is 0.464 e. The number of carbonyl (C=O) groups excluding carboxylic acids is 1. The molecule has 2 N–H and O–H groups in total. The molecule has 0 saturated carbocycles. The Hall–Kier alpha value is -1.74. The van der Waals surface area contributed by atoms with E-state index in [0.29, 0.717) is 23.9 Å². The molecule has 0 amide bonds. The number of nitrogens with two attached hydrogens (primary N) is 1. The van der Waals surface area contributed by atoms with Crippen molar-refractivity contribution < 1.29 is 17.9 Å². The molecule has 0 spiro atoms. The molecule has 2 unspecified atom stereocenters. The van der Waals surface area contributed by atoms with E-state index in [1.54, 1.807) is 24.3 Å². The smallest absolute Gasteiger partial charge is 0.357 e. The molecule has 0 radical (unpaired) electrons. The van der Waals surface area contributed by atoms with Gasteiger partial charge in [-0.3, -0.25) is 0 Å². The van der Waals surface area contributed by atoms with Crippen LogP contribution in [0, 0.1) is 5.92 Å². The summed E-state index contributed by atoms with van der Waals surface area (Å²) in [6.07, 6.45) is 3.13. The van der Waals surface area contributed by atoms with E-state index in [0.717, 1.165) is 12.8 Å². The van der Waals surface area contributed by atoms with Crippen LogP contribution in [0.2, 0.25) is 0 Å². The second-order valence-corrected chi connectivity index (χ2v) is 8.53. The first-order valence-corrected chi connectivity index (χ1v) is 10.0. The summed E-state index contributed by atoms with van der Waals surface area (Å²) < 4.78 is 32.8. The monoisotopic (exact) mass is 413 g/mol. The van der Waals surface area contributed by atoms with E-state index in [1.807, 2.05) is 6.92 Å². The number of fused-ring (bicyclic) bond motifs is 1. The van der Waals surface area contributed by atoms with Gasteiger partial charge in [-0.15, -0.1) is 12.4 Å². The minimum Gasteiger partial charge on any atom is -0.464 e. The van der Waals surface area contributed by atoms with Crippen LogP contribution in [0.4, 0.5) is 0 Å². The van der Waals surface area contributed by atoms with Gasteiger partial charge in [-0.05, 0) is 37.8 Å². The highest BCUT2D eigenvalue weighted by molar-refractivity contribution is 7.89. The molecule has 9 heteroatoms. The molecule has 2 aromatic rings. The Bertz CT molecular complexity index is 933. The first-order chi connectivity index (χ1) is 12.4. The second kappa shape index (κ2) is 8.52. The summed E-state index contributed by atoms with van der Waals surface area (Å²) in [5, 5.41) is 0.923. The fourth-order valence-corrected chi connectivity index (χ4v) is 5.16. The number of esters is 1. The van der Waals surface area contributed by atoms with Crippen LogP contribution in [-0.4, -0.2) is 49.9 Å². The first kappa shape index (κ1) is 21.6. The number of aromatic nitrogens is 1. The number of pyridine rings is 1. The number of nitrogens with zero attached hydrogens (tertiary/aromatic N) is 2. The van der Waals surface area contributed by atoms with Crippen molar-refractivity contribution >= 4 is 39.2 Å². The summed E-state index contributed by atoms with van der Waals surface area (Å²) in [4.78, 5) is 16.2. The number of carbonyl (C=O) groups is 1. The molecule has 1 aliphatic heterocycles. The highest BCUT2D eigenvalue weighted by Crippen LogP contribution is 2.30. The Morgan fingerprint density at radius 1 is 1.33 bits per heavy atom. The zero-order valence-electron chi connectivity index (χ0n) is 15.3. The van der Waals surface area contributed by atoms with Gasteiger partial charge in [0.1, 0.15) is 0 Å². The van der Waals surface area contributed by atoms with Gasteiger partial charge in [0.25, 0.3) is 0 Å². The lowest BCUT2D eigenvalue weighted by atomic mass is 9.93. The van der Waals surface area contributed by atoms with E-state index in [9.17, 15) is 13.2 Å². The van der Waals surface area contributed by atoms with Crippen molar-refractivity contribution in [3.05, 3.63) is 36.2 Å². The number of hydrogen-bond donors (Lipinski definition) is 1. The van der Waals surface area contributed by atoms with Gasteiger partial charge in [-0.25, -0.2) is 18.2 Å². The number of sulfonamides is 1. The van der Waals surface area contributed by atoms with E-state index in [1.165, 1.54) is 17.6 Å². The van der Waals surface area contributed by atoms with Crippen molar-refractivity contribution in [2.45, 2.75) is 30.7 Å². The van der Waals surface area contributed by atoms with Gasteiger partial charge in [0.05, 0.1) is 12.0 Å². The van der Waals surface area contributed by atoms with Crippen LogP contribution in [0.25, 0.3) is 10.8 Å². The summed E-state index contributed by atoms with van der Waals surface area (Å²) in [6, 6.07) is 6.41. The van der Waals surface area contributed by atoms with Crippen LogP contribution in [0.5, 0.6) is 0 Å². The topological polar surface area (TPSA) is 103 Å². The molecule has 0 bridgehead atoms. The quantitative estimate of drug-likeness (QED) is 0.770. The van der Waals surface area contributed by atoms with Crippen LogP contribution < -0.4 is 5.73 Å². The van der Waals surface area contributed by atoms with Crippen LogP contribution in [0.1, 0.15) is 30.3 Å². The number of methoxy groups -OCH3 is 1. The Morgan fingerprint density at radius 3 is 2.74 bits per heavy atom. The molecule has 2 atom stereocenters. The molecule has 27 heavy (non-hydrogen) atoms. The number of benzene rings is 1. The molecule has 1 fully saturated rings. The maximum atomic E-state index is 13.3. The fourth-order valence-electron chi connectivity index (χ4n) is 3.42. The zero-order chi connectivity index (χ0) is 18.9. The van der Waals surface area contributed by atoms with Crippen molar-refractivity contribution in [2.24, 2.45) is 11.7 Å². The zero-order valence-corrected chi connectivity index (χ0v) is 16.9. The molecular formula is C18H24ClN3O4S. The van der Waals surface area contributed by atoms with Gasteiger partial charge < -0.3 is 10.5 Å². The molecule has 1 aromatic carbocycles. The number of ether oxygens (including phenoxy) is 1. The SMILES string of the molecule is COC(=O)c1nccc2c(S(=O)(=O)N3CCCC(C(C)N)C3)cccc12.Cl. The number of piperidine rings is 1. The highest BCUT2D eigenvalue weighted by atomic mass is 35.5. The fraction of sp³-hybridized carbons (Fsp3) is 0.444. The van der Waals surface area contributed by atoms with Crippen LogP contribution in [-0.2, 0) is 14.8 Å². The third kappa shape index (κ3) is 4.08. The van der Waals surface area contributed by atoms with Gasteiger partial charge >= 0.3 is 5.97 Å². The average Bonchev–Trinajstić information content (AvgIpc) is 2.66. The molecule has 148 valence electrons. The highest BCUT2D eigenvalue weighted by Gasteiger charge is 2.32. The van der Waals surface area contributed by atoms with Crippen molar-refractivity contribution in [1.29, 1.82) is 0 Å². The van der Waals surface area contributed by atoms with Gasteiger partial charge in [0, 0.05) is 36.1 Å². The molecule has 2 heterocycles. The predicted octanol–water partition coefficient (Wildman–Crippen LogP) is 2.19. The summed E-state index contributed by atoms with van der Waals surface area (Å²) in [6.45, 7) is 2.79. The Kier molecular flexibility index (Phi) is 6.80. The second-order valence-electron chi connectivity index (χ2n) is 6.63. The Balaban J connectivity index is 0.00000261. The molecule has 0 aliphatic carbocycles. The van der Waals surface area contributed by atoms with Crippen LogP contribution in [0.15, 0.2) is 35.4 Å². The summed E-state index contributed by atoms with van der Waals surface area (Å²) in [5.74, 6) is -0.457. The molecule has 1 aromatic heterocycles. The van der Waals surface area contributed by atoms with E-state index >= 15 is 0 Å². The molecular weight excluding hydrogens is 390 g/mol. The van der Waals surface area contributed by atoms with Crippen LogP contribution in [0.3, 0.4) is 0 Å². The lowest BCUT2D eigenvalue weighted by Gasteiger charge is -2.34. The number of rotatable bonds is 4. The maximum Gasteiger partial charge on any atom is 0.357 e. The Labute approximate surface area is 165 Å². The van der Waals surface area contributed by atoms with Crippen molar-refractivity contribution in [1.82, 2.24) is 9.29 Å². The summed E-state index contributed by atoms with van der Waals surface area (Å²) in [5.41, 5.74) is 6.09. The van der Waals surface area contributed by atoms with E-state index in [-0.39, 0.29) is 35.0 Å². The maximum absolute atomic E-state index is 13.3. The van der Waals surface area contributed by atoms with E-state index < -0.39 is 16.0 Å². The van der Waals surface area contributed by atoms with E-state index in [4.69, 9.17) is 10.5 Å². The standard InChI is InChI=1S/C18H23N3O4S.ClH/c1-12(19)13-5-4-10-21(11-13)26(23,24)16-7-3-6-15-14(16)8-9-20-17(15)18(22)25-2;/h3,6-9,12-13H,4-5,10-11,19H2,1-2H3;1H. The van der Waals surface area contributed by atoms with Crippen molar-refractivity contribution in [2.75, 3.05) is 20.2 Å². The van der Waals surface area contributed by atoms with Gasteiger partial charge in [0.15, 0.2) is 5.69 Å². The number of halogens is 1. The average molecular weight is 414 g/mol. The summed E-state index contributed by atoms with van der Waals surface area (Å²) >= 11 is 0. The third-order valence-electron chi connectivity index (χ3n) is 4.93. The van der Waals surface area contributed by atoms with Gasteiger partial charge in [0.2, 0.25) is 10.0 Å². The molecule has 3 rings (SSSR count). The predicted molar refractivity (Wildman–Crippen MR) is 105 cm³/mol. The minimum atomic E-state index is -3.71. The molecule has 1 saturated heterocycles. The van der Waals surface area contributed by atoms with Crippen LogP contribution >= 0.6 is 12.4 Å². The first-order valence-electron chi connectivity index (χ1n) is 8.58. The third-order valence-corrected chi connectivity index (χ3v) is 6.85. The van der Waals surface area contributed by atoms with E-state index in [2.05, 4.69) is 4.98 Å². The van der Waals surface area contributed by atoms with Gasteiger partial charge in [-0.1, -0.05) is 12.1 Å². The van der Waals surface area contributed by atoms with Gasteiger partial charge in [-0.2, -0.15) is 4.31 Å². The van der Waals surface area contributed by atoms with Crippen molar-refractivity contribution in [3.63, 3.8) is 0 Å². The normalized spacial score (nSPS) is 19.3. The minimum absolute atomic E-state index is 0. The lowest BCUT2D eigenvalue weighted by molar-refractivity contribution is 0.0596. The lowest BCUT2D eigenvalue weighted by Crippen LogP contribution is -2.45. The Morgan fingerprint density at radius 2 is 2.07 bits per heavy atom.